The van der Waals surface area contributed by atoms with Crippen LogP contribution in [0.25, 0.3) is 0 Å². The minimum atomic E-state index is -0.874. The summed E-state index contributed by atoms with van der Waals surface area (Å²) in [6, 6.07) is 0. The smallest absolute Gasteiger partial charge is 0.0906 e. The number of hydrogen-bond acceptors (Lipinski definition) is 4. The van der Waals surface area contributed by atoms with E-state index in [9.17, 15) is 9.32 Å². The van der Waals surface area contributed by atoms with Crippen molar-refractivity contribution in [2.75, 3.05) is 18.1 Å². The monoisotopic (exact) mass is 224 g/mol. The van der Waals surface area contributed by atoms with E-state index in [-0.39, 0.29) is 10.7 Å². The maximum Gasteiger partial charge on any atom is 0.0906 e. The van der Waals surface area contributed by atoms with Crippen LogP contribution < -0.4 is 0 Å². The van der Waals surface area contributed by atoms with Crippen LogP contribution in [0.3, 0.4) is 0 Å². The molecule has 1 rings (SSSR count). The zero-order valence-electron chi connectivity index (χ0n) is 7.73. The Morgan fingerprint density at radius 3 is 2.92 bits per heavy atom. The Balaban J connectivity index is 2.56. The van der Waals surface area contributed by atoms with Crippen LogP contribution in [0.2, 0.25) is 0 Å². The van der Waals surface area contributed by atoms with E-state index in [0.29, 0.717) is 6.42 Å². The first-order chi connectivity index (χ1) is 6.08. The van der Waals surface area contributed by atoms with Gasteiger partial charge in [0.25, 0.3) is 0 Å². The lowest BCUT2D eigenvalue weighted by Crippen LogP contribution is -2.37. The summed E-state index contributed by atoms with van der Waals surface area (Å²) in [4.78, 5) is 0. The molecule has 1 aliphatic heterocycles. The quantitative estimate of drug-likeness (QED) is 0.725. The van der Waals surface area contributed by atoms with E-state index in [1.165, 1.54) is 0 Å². The van der Waals surface area contributed by atoms with Gasteiger partial charge < -0.3 is 10.2 Å². The largest absolute Gasteiger partial charge is 0.394 e. The van der Waals surface area contributed by atoms with Crippen LogP contribution in [0, 0.1) is 0 Å². The average Bonchev–Trinajstić information content (AvgIpc) is 2.10. The Hall–Kier alpha value is 0.420. The Labute approximate surface area is 85.4 Å². The zero-order chi connectivity index (χ0) is 9.90. The second-order valence-electron chi connectivity index (χ2n) is 3.43. The van der Waals surface area contributed by atoms with Gasteiger partial charge in [0.15, 0.2) is 0 Å². The van der Waals surface area contributed by atoms with Gasteiger partial charge in [-0.25, -0.2) is 0 Å². The molecule has 0 amide bonds. The molecule has 5 heteroatoms. The minimum Gasteiger partial charge on any atom is -0.394 e. The number of aliphatic hydroxyl groups excluding tert-OH is 2. The molecule has 0 aromatic carbocycles. The van der Waals surface area contributed by atoms with E-state index < -0.39 is 16.9 Å². The van der Waals surface area contributed by atoms with E-state index in [2.05, 4.69) is 0 Å². The third kappa shape index (κ3) is 2.94. The van der Waals surface area contributed by atoms with Crippen LogP contribution in [0.15, 0.2) is 0 Å². The van der Waals surface area contributed by atoms with Gasteiger partial charge in [0, 0.05) is 23.0 Å². The van der Waals surface area contributed by atoms with Crippen molar-refractivity contribution in [3.8, 4) is 0 Å². The van der Waals surface area contributed by atoms with Gasteiger partial charge in [-0.2, -0.15) is 0 Å². The first-order valence-corrected chi connectivity index (χ1v) is 6.70. The molecule has 1 saturated heterocycles. The predicted octanol–water partition coefficient (Wildman–Crippen LogP) is 0.332. The standard InChI is InChI=1S/C8H16O3S2/c1-8(5-7(10)6-9)12-3-2-4-13(8)11/h7,9-10H,2-6H2,1H3/t7-,8+,13?/m0/s1. The lowest BCUT2D eigenvalue weighted by atomic mass is 10.2. The maximum absolute atomic E-state index is 11.7. The molecule has 78 valence electrons. The van der Waals surface area contributed by atoms with Gasteiger partial charge in [0.2, 0.25) is 0 Å². The van der Waals surface area contributed by atoms with Crippen molar-refractivity contribution in [1.29, 1.82) is 0 Å². The molecular weight excluding hydrogens is 208 g/mol. The van der Waals surface area contributed by atoms with E-state index in [4.69, 9.17) is 5.11 Å². The molecule has 0 spiro atoms. The first-order valence-electron chi connectivity index (χ1n) is 4.40. The molecule has 1 aliphatic rings. The van der Waals surface area contributed by atoms with Crippen molar-refractivity contribution in [3.63, 3.8) is 0 Å². The fraction of sp³-hybridized carbons (Fsp3) is 1.00. The van der Waals surface area contributed by atoms with Crippen molar-refractivity contribution >= 4 is 22.6 Å². The third-order valence-corrected chi connectivity index (χ3v) is 6.15. The number of rotatable bonds is 3. The van der Waals surface area contributed by atoms with Gasteiger partial charge in [0.1, 0.15) is 0 Å². The second kappa shape index (κ2) is 4.77. The molecule has 0 bridgehead atoms. The van der Waals surface area contributed by atoms with Crippen LogP contribution in [-0.2, 0) is 10.8 Å². The van der Waals surface area contributed by atoms with Crippen LogP contribution in [-0.4, -0.2) is 42.7 Å². The molecule has 2 N–H and O–H groups in total. The molecule has 3 nitrogen and oxygen atoms in total. The van der Waals surface area contributed by atoms with E-state index in [0.717, 1.165) is 17.9 Å². The van der Waals surface area contributed by atoms with Gasteiger partial charge in [-0.05, 0) is 19.1 Å². The molecule has 0 aromatic rings. The van der Waals surface area contributed by atoms with Gasteiger partial charge >= 0.3 is 0 Å². The third-order valence-electron chi connectivity index (χ3n) is 2.18. The number of aliphatic hydroxyl groups is 2. The summed E-state index contributed by atoms with van der Waals surface area (Å²) in [6.45, 7) is 1.67. The fourth-order valence-electron chi connectivity index (χ4n) is 1.40. The van der Waals surface area contributed by atoms with Gasteiger partial charge in [-0.15, -0.1) is 11.8 Å². The highest BCUT2D eigenvalue weighted by Crippen LogP contribution is 2.37. The summed E-state index contributed by atoms with van der Waals surface area (Å²) < 4.78 is 11.3. The van der Waals surface area contributed by atoms with Crippen LogP contribution in [0.1, 0.15) is 19.8 Å². The topological polar surface area (TPSA) is 57.5 Å². The Morgan fingerprint density at radius 2 is 2.38 bits per heavy atom. The lowest BCUT2D eigenvalue weighted by molar-refractivity contribution is 0.0865. The first kappa shape index (κ1) is 11.5. The van der Waals surface area contributed by atoms with E-state index in [1.54, 1.807) is 11.8 Å². The van der Waals surface area contributed by atoms with Crippen molar-refractivity contribution in [2.45, 2.75) is 29.9 Å². The zero-order valence-corrected chi connectivity index (χ0v) is 9.37. The molecule has 0 aliphatic carbocycles. The summed E-state index contributed by atoms with van der Waals surface area (Å²) in [6.07, 6.45) is 0.669. The summed E-state index contributed by atoms with van der Waals surface area (Å²) >= 11 is 1.65. The Bertz CT molecular complexity index is 198. The maximum atomic E-state index is 11.7. The van der Waals surface area contributed by atoms with Crippen molar-refractivity contribution in [3.05, 3.63) is 0 Å². The number of hydrogen-bond donors (Lipinski definition) is 2. The molecule has 0 saturated carbocycles. The highest BCUT2D eigenvalue weighted by Gasteiger charge is 2.36. The molecule has 1 unspecified atom stereocenters. The number of thioether (sulfide) groups is 1. The van der Waals surface area contributed by atoms with Crippen LogP contribution >= 0.6 is 11.8 Å². The average molecular weight is 224 g/mol. The molecule has 1 fully saturated rings. The predicted molar refractivity (Wildman–Crippen MR) is 56.2 cm³/mol. The highest BCUT2D eigenvalue weighted by molar-refractivity contribution is 8.13. The second-order valence-corrected chi connectivity index (χ2v) is 7.28. The Kier molecular flexibility index (Phi) is 4.22. The summed E-state index contributed by atoms with van der Waals surface area (Å²) in [5.74, 6) is 1.72. The summed E-state index contributed by atoms with van der Waals surface area (Å²) in [5.41, 5.74) is 0. The molecule has 3 atom stereocenters. The van der Waals surface area contributed by atoms with Crippen molar-refractivity contribution in [2.24, 2.45) is 0 Å². The van der Waals surface area contributed by atoms with E-state index >= 15 is 0 Å². The van der Waals surface area contributed by atoms with Gasteiger partial charge in [0.05, 0.1) is 16.8 Å². The highest BCUT2D eigenvalue weighted by atomic mass is 32.2. The molecule has 0 aromatic heterocycles. The lowest BCUT2D eigenvalue weighted by Gasteiger charge is -2.33. The van der Waals surface area contributed by atoms with Crippen molar-refractivity contribution < 1.29 is 14.4 Å². The van der Waals surface area contributed by atoms with E-state index in [1.807, 2.05) is 6.92 Å². The molecule has 1 heterocycles. The van der Waals surface area contributed by atoms with Gasteiger partial charge in [-0.3, -0.25) is 4.21 Å². The summed E-state index contributed by atoms with van der Waals surface area (Å²) in [5, 5.41) is 18.0. The molecular formula is C8H16O3S2. The van der Waals surface area contributed by atoms with Gasteiger partial charge in [-0.1, -0.05) is 0 Å². The normalized spacial score (nSPS) is 37.3. The fourth-order valence-corrected chi connectivity index (χ4v) is 4.86. The van der Waals surface area contributed by atoms with Crippen LogP contribution in [0.4, 0.5) is 0 Å². The van der Waals surface area contributed by atoms with Crippen LogP contribution in [0.5, 0.6) is 0 Å². The molecule has 13 heavy (non-hydrogen) atoms. The molecule has 0 radical (unpaired) electrons. The Morgan fingerprint density at radius 1 is 1.69 bits per heavy atom. The minimum absolute atomic E-state index is 0.243. The summed E-state index contributed by atoms with van der Waals surface area (Å²) in [7, 11) is -0.874. The SMILES string of the molecule is C[C@@]1(C[C@H](O)CO)SCCCS1=O. The van der Waals surface area contributed by atoms with Crippen molar-refractivity contribution in [1.82, 2.24) is 0 Å².